The molecule has 0 radical (unpaired) electrons. The number of allylic oxidation sites excluding steroid dienone is 1. The van der Waals surface area contributed by atoms with Crippen molar-refractivity contribution >= 4 is 0 Å². The Morgan fingerprint density at radius 3 is 2.31 bits per heavy atom. The zero-order valence-corrected chi connectivity index (χ0v) is 8.40. The Bertz CT molecular complexity index is 177. The molecule has 3 heteroatoms. The highest BCUT2D eigenvalue weighted by molar-refractivity contribution is 4.94. The normalized spacial score (nSPS) is 29.2. The Hall–Kier alpha value is -0.380. The van der Waals surface area contributed by atoms with Crippen LogP contribution in [-0.2, 0) is 0 Å². The molecule has 0 bridgehead atoms. The van der Waals surface area contributed by atoms with Crippen molar-refractivity contribution in [3.8, 4) is 0 Å². The molecule has 0 aromatic carbocycles. The molecule has 76 valence electrons. The Labute approximate surface area is 79.7 Å². The fourth-order valence-electron chi connectivity index (χ4n) is 1.57. The van der Waals surface area contributed by atoms with Crippen LogP contribution >= 0.6 is 0 Å². The van der Waals surface area contributed by atoms with Crippen LogP contribution in [0.15, 0.2) is 11.6 Å². The third-order valence-electron chi connectivity index (χ3n) is 2.33. The van der Waals surface area contributed by atoms with Gasteiger partial charge in [0.1, 0.15) is 0 Å². The largest absolute Gasteiger partial charge is 0.389 e. The summed E-state index contributed by atoms with van der Waals surface area (Å²) in [7, 11) is 0. The minimum Gasteiger partial charge on any atom is -0.389 e. The fourth-order valence-corrected chi connectivity index (χ4v) is 1.57. The standard InChI is InChI=1S/C10H19NO2/c1-8(2)4-3-5-11-6-9(12)10(13)7-11/h4,9-10,12-13H,3,5-7H2,1-2H3. The van der Waals surface area contributed by atoms with E-state index in [1.807, 2.05) is 0 Å². The molecule has 2 unspecified atom stereocenters. The smallest absolute Gasteiger partial charge is 0.0938 e. The van der Waals surface area contributed by atoms with Crippen LogP contribution in [0.5, 0.6) is 0 Å². The minimum absolute atomic E-state index is 0.549. The molecule has 1 heterocycles. The molecule has 2 N–H and O–H groups in total. The third kappa shape index (κ3) is 3.46. The van der Waals surface area contributed by atoms with Gasteiger partial charge in [0, 0.05) is 19.6 Å². The molecule has 0 aliphatic carbocycles. The molecule has 0 aromatic rings. The second-order valence-corrected chi connectivity index (χ2v) is 3.96. The molecule has 1 aliphatic rings. The second-order valence-electron chi connectivity index (χ2n) is 3.96. The molecule has 13 heavy (non-hydrogen) atoms. The van der Waals surface area contributed by atoms with E-state index in [9.17, 15) is 10.2 Å². The molecule has 1 rings (SSSR count). The lowest BCUT2D eigenvalue weighted by atomic mass is 10.2. The van der Waals surface area contributed by atoms with Gasteiger partial charge in [-0.3, -0.25) is 4.90 Å². The maximum atomic E-state index is 9.27. The summed E-state index contributed by atoms with van der Waals surface area (Å²) >= 11 is 0. The van der Waals surface area contributed by atoms with Gasteiger partial charge < -0.3 is 10.2 Å². The quantitative estimate of drug-likeness (QED) is 0.625. The molecule has 1 aliphatic heterocycles. The first kappa shape index (κ1) is 10.7. The van der Waals surface area contributed by atoms with Crippen LogP contribution in [0.1, 0.15) is 20.3 Å². The van der Waals surface area contributed by atoms with Crippen LogP contribution in [0.2, 0.25) is 0 Å². The summed E-state index contributed by atoms with van der Waals surface area (Å²) in [5, 5.41) is 18.5. The van der Waals surface area contributed by atoms with Gasteiger partial charge in [0.2, 0.25) is 0 Å². The highest BCUT2D eigenvalue weighted by Gasteiger charge is 2.28. The average Bonchev–Trinajstić information content (AvgIpc) is 2.30. The van der Waals surface area contributed by atoms with Gasteiger partial charge in [-0.05, 0) is 20.3 Å². The van der Waals surface area contributed by atoms with Gasteiger partial charge in [0.05, 0.1) is 12.2 Å². The summed E-state index contributed by atoms with van der Waals surface area (Å²) in [6.45, 7) is 6.30. The molecule has 0 spiro atoms. The van der Waals surface area contributed by atoms with Crippen molar-refractivity contribution in [3.63, 3.8) is 0 Å². The predicted octanol–water partition coefficient (Wildman–Crippen LogP) is 0.380. The number of aliphatic hydroxyl groups is 2. The van der Waals surface area contributed by atoms with Crippen LogP contribution in [0.25, 0.3) is 0 Å². The second kappa shape index (κ2) is 4.74. The Balaban J connectivity index is 2.21. The summed E-state index contributed by atoms with van der Waals surface area (Å²) in [5.41, 5.74) is 1.32. The molecule has 0 saturated carbocycles. The molecule has 0 aromatic heterocycles. The van der Waals surface area contributed by atoms with E-state index in [4.69, 9.17) is 0 Å². The van der Waals surface area contributed by atoms with E-state index in [0.717, 1.165) is 13.0 Å². The van der Waals surface area contributed by atoms with Crippen LogP contribution in [-0.4, -0.2) is 47.0 Å². The summed E-state index contributed by atoms with van der Waals surface area (Å²) < 4.78 is 0. The van der Waals surface area contributed by atoms with E-state index in [1.54, 1.807) is 0 Å². The number of aliphatic hydroxyl groups excluding tert-OH is 2. The van der Waals surface area contributed by atoms with E-state index < -0.39 is 12.2 Å². The number of nitrogens with zero attached hydrogens (tertiary/aromatic N) is 1. The van der Waals surface area contributed by atoms with Crippen molar-refractivity contribution < 1.29 is 10.2 Å². The number of likely N-dealkylation sites (tertiary alicyclic amines) is 1. The first-order valence-electron chi connectivity index (χ1n) is 4.81. The number of rotatable bonds is 3. The highest BCUT2D eigenvalue weighted by atomic mass is 16.3. The van der Waals surface area contributed by atoms with Crippen LogP contribution in [0, 0.1) is 0 Å². The van der Waals surface area contributed by atoms with Gasteiger partial charge in [-0.15, -0.1) is 0 Å². The van der Waals surface area contributed by atoms with Crippen molar-refractivity contribution in [2.45, 2.75) is 32.5 Å². The zero-order chi connectivity index (χ0) is 9.84. The van der Waals surface area contributed by atoms with Gasteiger partial charge >= 0.3 is 0 Å². The zero-order valence-electron chi connectivity index (χ0n) is 8.40. The predicted molar refractivity (Wildman–Crippen MR) is 52.5 cm³/mol. The SMILES string of the molecule is CC(C)=CCCN1CC(O)C(O)C1. The number of hydrogen-bond donors (Lipinski definition) is 2. The molecular weight excluding hydrogens is 166 g/mol. The highest BCUT2D eigenvalue weighted by Crippen LogP contribution is 2.10. The Kier molecular flexibility index (Phi) is 3.90. The topological polar surface area (TPSA) is 43.7 Å². The third-order valence-corrected chi connectivity index (χ3v) is 2.33. The van der Waals surface area contributed by atoms with Gasteiger partial charge in [-0.1, -0.05) is 11.6 Å². The summed E-state index contributed by atoms with van der Waals surface area (Å²) in [6.07, 6.45) is 2.08. The van der Waals surface area contributed by atoms with E-state index in [2.05, 4.69) is 24.8 Å². The van der Waals surface area contributed by atoms with Crippen molar-refractivity contribution in [1.82, 2.24) is 4.90 Å². The Morgan fingerprint density at radius 2 is 1.85 bits per heavy atom. The Morgan fingerprint density at radius 1 is 1.31 bits per heavy atom. The van der Waals surface area contributed by atoms with E-state index >= 15 is 0 Å². The summed E-state index contributed by atoms with van der Waals surface area (Å²) in [4.78, 5) is 2.09. The number of β-amino-alcohol motifs (C(OH)–C–C–N with tert-alkyl or cyclic N) is 2. The molecule has 2 atom stereocenters. The molecule has 1 saturated heterocycles. The van der Waals surface area contributed by atoms with Gasteiger partial charge in [0.25, 0.3) is 0 Å². The lowest BCUT2D eigenvalue weighted by Crippen LogP contribution is -2.22. The first-order chi connectivity index (χ1) is 6.09. The van der Waals surface area contributed by atoms with Crippen molar-refractivity contribution in [3.05, 3.63) is 11.6 Å². The van der Waals surface area contributed by atoms with Crippen LogP contribution in [0.3, 0.4) is 0 Å². The average molecular weight is 185 g/mol. The van der Waals surface area contributed by atoms with Crippen LogP contribution < -0.4 is 0 Å². The van der Waals surface area contributed by atoms with E-state index in [1.165, 1.54) is 5.57 Å². The monoisotopic (exact) mass is 185 g/mol. The van der Waals surface area contributed by atoms with Gasteiger partial charge in [-0.25, -0.2) is 0 Å². The van der Waals surface area contributed by atoms with Crippen molar-refractivity contribution in [2.24, 2.45) is 0 Å². The molecule has 3 nitrogen and oxygen atoms in total. The molecule has 1 fully saturated rings. The van der Waals surface area contributed by atoms with Gasteiger partial charge in [-0.2, -0.15) is 0 Å². The number of hydrogen-bond acceptors (Lipinski definition) is 3. The lowest BCUT2D eigenvalue weighted by Gasteiger charge is -2.12. The van der Waals surface area contributed by atoms with Gasteiger partial charge in [0.15, 0.2) is 0 Å². The fraction of sp³-hybridized carbons (Fsp3) is 0.800. The van der Waals surface area contributed by atoms with Crippen LogP contribution in [0.4, 0.5) is 0 Å². The summed E-state index contributed by atoms with van der Waals surface area (Å²) in [6, 6.07) is 0. The van der Waals surface area contributed by atoms with Crippen molar-refractivity contribution in [1.29, 1.82) is 0 Å². The molecule has 0 amide bonds. The summed E-state index contributed by atoms with van der Waals surface area (Å²) in [5.74, 6) is 0. The molecular formula is C10H19NO2. The maximum absolute atomic E-state index is 9.27. The van der Waals surface area contributed by atoms with E-state index in [-0.39, 0.29) is 0 Å². The van der Waals surface area contributed by atoms with Crippen molar-refractivity contribution in [2.75, 3.05) is 19.6 Å². The maximum Gasteiger partial charge on any atom is 0.0938 e. The first-order valence-corrected chi connectivity index (χ1v) is 4.81. The minimum atomic E-state index is -0.549. The van der Waals surface area contributed by atoms with E-state index in [0.29, 0.717) is 13.1 Å². The lowest BCUT2D eigenvalue weighted by molar-refractivity contribution is 0.0572.